The molecule has 0 bridgehead atoms. The van der Waals surface area contributed by atoms with Gasteiger partial charge < -0.3 is 9.84 Å². The highest BCUT2D eigenvalue weighted by molar-refractivity contribution is 7.90. The summed E-state index contributed by atoms with van der Waals surface area (Å²) in [4.78, 5) is 1.72. The van der Waals surface area contributed by atoms with Gasteiger partial charge in [-0.15, -0.1) is 0 Å². The molecule has 0 saturated carbocycles. The number of alkyl halides is 3. The lowest BCUT2D eigenvalue weighted by Crippen LogP contribution is -2.28. The van der Waals surface area contributed by atoms with Crippen molar-refractivity contribution in [2.45, 2.75) is 36.9 Å². The second kappa shape index (κ2) is 13.6. The summed E-state index contributed by atoms with van der Waals surface area (Å²) in [7, 11) is -3.76. The van der Waals surface area contributed by atoms with Crippen LogP contribution in [-0.2, 0) is 35.4 Å². The van der Waals surface area contributed by atoms with E-state index in [1.807, 2.05) is 35.2 Å². The van der Waals surface area contributed by atoms with Crippen LogP contribution in [0, 0.1) is 5.82 Å². The Balaban J connectivity index is 1.71. The van der Waals surface area contributed by atoms with Crippen molar-refractivity contribution in [3.8, 4) is 5.75 Å². The predicted molar refractivity (Wildman–Crippen MR) is 142 cm³/mol. The van der Waals surface area contributed by atoms with Crippen molar-refractivity contribution < 1.29 is 35.8 Å². The van der Waals surface area contributed by atoms with Gasteiger partial charge in [0.1, 0.15) is 11.6 Å². The molecule has 0 aliphatic rings. The summed E-state index contributed by atoms with van der Waals surface area (Å²) < 4.78 is 84.5. The first-order valence-electron chi connectivity index (χ1n) is 12.3. The molecule has 0 aliphatic carbocycles. The summed E-state index contributed by atoms with van der Waals surface area (Å²) in [6.07, 6.45) is -2.67. The third-order valence-electron chi connectivity index (χ3n) is 6.11. The lowest BCUT2D eigenvalue weighted by molar-refractivity contribution is -0.137. The Hall–Kier alpha value is -2.66. The fourth-order valence-electron chi connectivity index (χ4n) is 4.20. The molecule has 3 aromatic rings. The Bertz CT molecular complexity index is 1350. The van der Waals surface area contributed by atoms with Crippen molar-refractivity contribution in [2.75, 3.05) is 32.6 Å². The largest absolute Gasteiger partial charge is 0.493 e. The van der Waals surface area contributed by atoms with Crippen LogP contribution in [0.4, 0.5) is 17.6 Å². The number of aliphatic hydroxyl groups excluding tert-OH is 1. The summed E-state index contributed by atoms with van der Waals surface area (Å²) in [5.74, 6) is -0.753. The van der Waals surface area contributed by atoms with Gasteiger partial charge >= 0.3 is 6.18 Å². The average Bonchev–Trinajstić information content (AvgIpc) is 2.86. The fraction of sp³-hybridized carbons (Fsp3) is 0.357. The van der Waals surface area contributed by atoms with Crippen LogP contribution in [0.2, 0.25) is 5.02 Å². The number of hydrogen-bond donors (Lipinski definition) is 1. The number of rotatable bonds is 13. The SMILES string of the molecule is CS(=O)(=O)c1cc(OCCCN(CCc2ccccc2)Cc2cccc(C(F)(F)F)c2Cl)cc(F)c1CCO. The zero-order valence-electron chi connectivity index (χ0n) is 21.3. The van der Waals surface area contributed by atoms with E-state index in [4.69, 9.17) is 21.4 Å². The second-order valence-corrected chi connectivity index (χ2v) is 11.5. The van der Waals surface area contributed by atoms with Gasteiger partial charge in [-0.2, -0.15) is 13.2 Å². The molecule has 0 fully saturated rings. The molecule has 3 aromatic carbocycles. The van der Waals surface area contributed by atoms with Crippen LogP contribution < -0.4 is 4.74 Å². The maximum absolute atomic E-state index is 14.6. The van der Waals surface area contributed by atoms with Crippen LogP contribution in [0.3, 0.4) is 0 Å². The van der Waals surface area contributed by atoms with Crippen LogP contribution in [-0.4, -0.2) is 51.0 Å². The molecule has 0 saturated heterocycles. The molecular formula is C28H30ClF4NO4S. The average molecular weight is 588 g/mol. The summed E-state index contributed by atoms with van der Waals surface area (Å²) >= 11 is 6.13. The van der Waals surface area contributed by atoms with Gasteiger partial charge in [0.25, 0.3) is 0 Å². The van der Waals surface area contributed by atoms with E-state index in [1.165, 1.54) is 12.1 Å². The molecular weight excluding hydrogens is 558 g/mol. The van der Waals surface area contributed by atoms with Gasteiger partial charge in [0, 0.05) is 44.1 Å². The number of ether oxygens (including phenoxy) is 1. The van der Waals surface area contributed by atoms with Gasteiger partial charge in [0.2, 0.25) is 0 Å². The van der Waals surface area contributed by atoms with Crippen LogP contribution in [0.5, 0.6) is 5.75 Å². The number of hydrogen-bond acceptors (Lipinski definition) is 5. The van der Waals surface area contributed by atoms with Crippen molar-refractivity contribution >= 4 is 21.4 Å². The lowest BCUT2D eigenvalue weighted by Gasteiger charge is -2.24. The zero-order chi connectivity index (χ0) is 28.6. The van der Waals surface area contributed by atoms with E-state index in [-0.39, 0.29) is 40.8 Å². The number of benzene rings is 3. The van der Waals surface area contributed by atoms with Crippen molar-refractivity contribution in [1.29, 1.82) is 0 Å². The first kappa shape index (κ1) is 30.9. The highest BCUT2D eigenvalue weighted by Gasteiger charge is 2.34. The number of nitrogens with zero attached hydrogens (tertiary/aromatic N) is 1. The van der Waals surface area contributed by atoms with Gasteiger partial charge in [-0.05, 0) is 42.5 Å². The van der Waals surface area contributed by atoms with Gasteiger partial charge in [-0.3, -0.25) is 4.90 Å². The first-order chi connectivity index (χ1) is 18.4. The molecule has 0 spiro atoms. The van der Waals surface area contributed by atoms with Gasteiger partial charge in [-0.1, -0.05) is 54.1 Å². The minimum atomic E-state index is -4.57. The summed E-state index contributed by atoms with van der Waals surface area (Å²) in [6, 6.07) is 15.8. The van der Waals surface area contributed by atoms with Crippen LogP contribution in [0.1, 0.15) is 28.7 Å². The number of sulfone groups is 1. The molecule has 212 valence electrons. The highest BCUT2D eigenvalue weighted by Crippen LogP contribution is 2.36. The van der Waals surface area contributed by atoms with Crippen molar-refractivity contribution in [3.63, 3.8) is 0 Å². The topological polar surface area (TPSA) is 66.8 Å². The molecule has 3 rings (SSSR count). The van der Waals surface area contributed by atoms with Crippen LogP contribution >= 0.6 is 11.6 Å². The van der Waals surface area contributed by atoms with E-state index >= 15 is 0 Å². The third-order valence-corrected chi connectivity index (χ3v) is 7.72. The Morgan fingerprint density at radius 1 is 1.00 bits per heavy atom. The minimum absolute atomic E-state index is 0.0337. The standard InChI is InChI=1S/C28H30ClF4NO4S/c1-39(36,37)26-18-22(17-25(30)23(26)12-15-35)38-16-6-13-34(14-11-20-7-3-2-4-8-20)19-21-9-5-10-24(27(21)29)28(31,32)33/h2-5,7-10,17-18,35H,6,11-16,19H2,1H3. The normalized spacial score (nSPS) is 12.2. The summed E-state index contributed by atoms with van der Waals surface area (Å²) in [5, 5.41) is 8.83. The van der Waals surface area contributed by atoms with Crippen molar-refractivity contribution in [1.82, 2.24) is 4.90 Å². The number of aliphatic hydroxyl groups is 1. The molecule has 39 heavy (non-hydrogen) atoms. The molecule has 0 unspecified atom stereocenters. The van der Waals surface area contributed by atoms with Crippen molar-refractivity contribution in [2.24, 2.45) is 0 Å². The summed E-state index contributed by atoms with van der Waals surface area (Å²) in [5.41, 5.74) is 0.430. The van der Waals surface area contributed by atoms with Gasteiger partial charge in [0.05, 0.1) is 22.1 Å². The first-order valence-corrected chi connectivity index (χ1v) is 14.5. The molecule has 0 atom stereocenters. The lowest BCUT2D eigenvalue weighted by atomic mass is 10.1. The molecule has 11 heteroatoms. The molecule has 0 heterocycles. The van der Waals surface area contributed by atoms with E-state index in [1.54, 1.807) is 6.07 Å². The van der Waals surface area contributed by atoms with Gasteiger partial charge in [-0.25, -0.2) is 12.8 Å². The molecule has 5 nitrogen and oxygen atoms in total. The van der Waals surface area contributed by atoms with Gasteiger partial charge in [0.15, 0.2) is 9.84 Å². The number of halogens is 5. The monoisotopic (exact) mass is 587 g/mol. The van der Waals surface area contributed by atoms with E-state index in [2.05, 4.69) is 0 Å². The second-order valence-electron chi connectivity index (χ2n) is 9.12. The van der Waals surface area contributed by atoms with E-state index < -0.39 is 34.0 Å². The Labute approximate surface area is 230 Å². The molecule has 0 radical (unpaired) electrons. The highest BCUT2D eigenvalue weighted by atomic mass is 35.5. The van der Waals surface area contributed by atoms with E-state index in [0.29, 0.717) is 31.5 Å². The summed E-state index contributed by atoms with van der Waals surface area (Å²) in [6.45, 7) is 0.857. The van der Waals surface area contributed by atoms with Crippen LogP contribution in [0.25, 0.3) is 0 Å². The van der Waals surface area contributed by atoms with Crippen LogP contribution in [0.15, 0.2) is 65.6 Å². The fourth-order valence-corrected chi connectivity index (χ4v) is 5.47. The molecule has 0 aliphatic heterocycles. The molecule has 1 N–H and O–H groups in total. The molecule has 0 aromatic heterocycles. The quantitative estimate of drug-likeness (QED) is 0.198. The predicted octanol–water partition coefficient (Wildman–Crippen LogP) is 5.95. The molecule has 0 amide bonds. The zero-order valence-corrected chi connectivity index (χ0v) is 22.9. The van der Waals surface area contributed by atoms with E-state index in [0.717, 1.165) is 24.0 Å². The minimum Gasteiger partial charge on any atom is -0.493 e. The maximum Gasteiger partial charge on any atom is 0.417 e. The smallest absolute Gasteiger partial charge is 0.417 e. The third kappa shape index (κ3) is 8.93. The van der Waals surface area contributed by atoms with Crippen molar-refractivity contribution in [3.05, 3.63) is 93.8 Å². The van der Waals surface area contributed by atoms with E-state index in [9.17, 15) is 26.0 Å². The maximum atomic E-state index is 14.6. The Kier molecular flexibility index (Phi) is 10.8. The Morgan fingerprint density at radius 3 is 2.36 bits per heavy atom. The Morgan fingerprint density at radius 2 is 1.72 bits per heavy atom.